The Kier molecular flexibility index (Phi) is 9.73. The highest BCUT2D eigenvalue weighted by Crippen LogP contribution is 2.39. The number of fused-ring (bicyclic) bond motifs is 1. The predicted octanol–water partition coefficient (Wildman–Crippen LogP) is 1.95. The zero-order chi connectivity index (χ0) is 18.7. The highest BCUT2D eigenvalue weighted by atomic mass is 35.5. The van der Waals surface area contributed by atoms with Gasteiger partial charge in [-0.2, -0.15) is 0 Å². The lowest BCUT2D eigenvalue weighted by molar-refractivity contribution is -0.148. The number of hydrogen-bond donors (Lipinski definition) is 4. The van der Waals surface area contributed by atoms with Crippen LogP contribution in [0.15, 0.2) is 24.3 Å². The Hall–Kier alpha value is -0.825. The van der Waals surface area contributed by atoms with Gasteiger partial charge in [0.1, 0.15) is 5.54 Å². The van der Waals surface area contributed by atoms with Crippen molar-refractivity contribution in [2.45, 2.75) is 50.5 Å². The molecule has 0 spiro atoms. The van der Waals surface area contributed by atoms with E-state index in [0.717, 1.165) is 32.4 Å². The van der Waals surface area contributed by atoms with E-state index >= 15 is 0 Å². The van der Waals surface area contributed by atoms with Gasteiger partial charge >= 0.3 is 13.1 Å². The monoisotopic (exact) mass is 432 g/mol. The van der Waals surface area contributed by atoms with E-state index in [1.807, 2.05) is 6.07 Å². The Labute approximate surface area is 179 Å². The highest BCUT2D eigenvalue weighted by molar-refractivity contribution is 6.40. The average Bonchev–Trinajstić information content (AvgIpc) is 2.62. The van der Waals surface area contributed by atoms with Crippen molar-refractivity contribution in [3.8, 4) is 0 Å². The van der Waals surface area contributed by atoms with Crippen molar-refractivity contribution in [1.82, 2.24) is 4.90 Å². The second-order valence-corrected chi connectivity index (χ2v) is 8.00. The molecule has 1 aromatic carbocycles. The number of carbonyl (C=O) groups is 1. The molecule has 1 aliphatic carbocycles. The van der Waals surface area contributed by atoms with Crippen LogP contribution in [0.1, 0.15) is 36.8 Å². The predicted molar refractivity (Wildman–Crippen MR) is 115 cm³/mol. The molecule has 9 heteroatoms. The van der Waals surface area contributed by atoms with Crippen LogP contribution in [-0.2, 0) is 17.8 Å². The van der Waals surface area contributed by atoms with Gasteiger partial charge in [-0.15, -0.1) is 24.8 Å². The van der Waals surface area contributed by atoms with Crippen LogP contribution >= 0.6 is 24.8 Å². The molecule has 0 saturated heterocycles. The Balaban J connectivity index is 0.00000196. The molecule has 3 rings (SSSR count). The van der Waals surface area contributed by atoms with Crippen LogP contribution in [0, 0.1) is 11.8 Å². The van der Waals surface area contributed by atoms with Crippen LogP contribution in [-0.4, -0.2) is 51.8 Å². The van der Waals surface area contributed by atoms with Gasteiger partial charge in [0.05, 0.1) is 0 Å². The summed E-state index contributed by atoms with van der Waals surface area (Å²) in [5.74, 6) is -0.883. The van der Waals surface area contributed by atoms with Crippen molar-refractivity contribution in [2.75, 3.05) is 13.1 Å². The molecule has 3 atom stereocenters. The van der Waals surface area contributed by atoms with Gasteiger partial charge in [0.2, 0.25) is 0 Å². The van der Waals surface area contributed by atoms with Crippen LogP contribution in [0.25, 0.3) is 0 Å². The summed E-state index contributed by atoms with van der Waals surface area (Å²) in [6.07, 6.45) is 3.94. The number of carboxylic acids is 1. The van der Waals surface area contributed by atoms with E-state index < -0.39 is 18.6 Å². The number of nitrogens with two attached hydrogens (primary N) is 1. The number of nitrogens with zero attached hydrogens (tertiary/aromatic N) is 1. The maximum Gasteiger partial charge on any atom is 0.451 e. The van der Waals surface area contributed by atoms with E-state index in [2.05, 4.69) is 23.1 Å². The Morgan fingerprint density at radius 2 is 1.89 bits per heavy atom. The van der Waals surface area contributed by atoms with Crippen LogP contribution in [0.4, 0.5) is 0 Å². The Morgan fingerprint density at radius 1 is 1.21 bits per heavy atom. The molecule has 0 radical (unpaired) electrons. The average molecular weight is 433 g/mol. The van der Waals surface area contributed by atoms with Crippen LogP contribution in [0.3, 0.4) is 0 Å². The number of halogens is 2. The molecule has 28 heavy (non-hydrogen) atoms. The molecule has 1 aliphatic heterocycles. The summed E-state index contributed by atoms with van der Waals surface area (Å²) in [5, 5.41) is 28.0. The standard InChI is InChI=1S/C19H29BN2O4.2ClH/c21-19(18(23)24)11-14(7-9-20(25)26)5-6-17(19)13-22-10-8-15-3-1-2-4-16(15)12-22;;/h1-4,14,17,25-26H,5-13,21H2,(H,23,24);2*1H. The van der Waals surface area contributed by atoms with E-state index in [-0.39, 0.29) is 43.0 Å². The summed E-state index contributed by atoms with van der Waals surface area (Å²) >= 11 is 0. The minimum atomic E-state index is -1.34. The third-order valence-electron chi connectivity index (χ3n) is 6.20. The fourth-order valence-electron chi connectivity index (χ4n) is 4.61. The number of benzene rings is 1. The molecule has 158 valence electrons. The van der Waals surface area contributed by atoms with Crippen molar-refractivity contribution >= 4 is 37.9 Å². The molecule has 0 amide bonds. The van der Waals surface area contributed by atoms with E-state index in [1.54, 1.807) is 0 Å². The Morgan fingerprint density at radius 3 is 2.54 bits per heavy atom. The van der Waals surface area contributed by atoms with Gasteiger partial charge in [0.25, 0.3) is 0 Å². The van der Waals surface area contributed by atoms with Gasteiger partial charge in [-0.1, -0.05) is 30.7 Å². The smallest absolute Gasteiger partial charge is 0.451 e. The fraction of sp³-hybridized carbons (Fsp3) is 0.632. The number of rotatable bonds is 6. The number of carboxylic acid groups (broad SMARTS) is 1. The van der Waals surface area contributed by atoms with E-state index in [1.165, 1.54) is 11.1 Å². The first kappa shape index (κ1) is 25.2. The van der Waals surface area contributed by atoms with Gasteiger partial charge < -0.3 is 20.9 Å². The molecule has 6 nitrogen and oxygen atoms in total. The quantitative estimate of drug-likeness (QED) is 0.511. The summed E-state index contributed by atoms with van der Waals surface area (Å²) in [5.41, 5.74) is 7.87. The molecule has 1 saturated carbocycles. The minimum absolute atomic E-state index is 0. The van der Waals surface area contributed by atoms with Crippen molar-refractivity contribution in [3.63, 3.8) is 0 Å². The molecular weight excluding hydrogens is 402 g/mol. The third-order valence-corrected chi connectivity index (χ3v) is 6.20. The van der Waals surface area contributed by atoms with E-state index in [4.69, 9.17) is 15.8 Å². The van der Waals surface area contributed by atoms with E-state index in [9.17, 15) is 9.90 Å². The fourth-order valence-corrected chi connectivity index (χ4v) is 4.61. The lowest BCUT2D eigenvalue weighted by Gasteiger charge is -2.44. The van der Waals surface area contributed by atoms with Crippen LogP contribution in [0.5, 0.6) is 0 Å². The summed E-state index contributed by atoms with van der Waals surface area (Å²) in [6.45, 7) is 2.48. The topological polar surface area (TPSA) is 107 Å². The molecule has 1 aromatic rings. The molecule has 3 unspecified atom stereocenters. The molecule has 0 bridgehead atoms. The molecular formula is C19H31BCl2N2O4. The van der Waals surface area contributed by atoms with Crippen molar-refractivity contribution in [3.05, 3.63) is 35.4 Å². The van der Waals surface area contributed by atoms with Gasteiger partial charge in [-0.3, -0.25) is 9.69 Å². The lowest BCUT2D eigenvalue weighted by atomic mass is 9.66. The second-order valence-electron chi connectivity index (χ2n) is 8.00. The van der Waals surface area contributed by atoms with Crippen molar-refractivity contribution in [2.24, 2.45) is 17.6 Å². The van der Waals surface area contributed by atoms with Gasteiger partial charge in [-0.05, 0) is 49.0 Å². The van der Waals surface area contributed by atoms with Crippen LogP contribution < -0.4 is 5.73 Å². The SMILES string of the molecule is Cl.Cl.NC1(C(=O)O)CC(CCB(O)O)CCC1CN1CCc2ccccc2C1. The molecule has 0 aromatic heterocycles. The second kappa shape index (κ2) is 10.8. The summed E-state index contributed by atoms with van der Waals surface area (Å²) in [4.78, 5) is 14.3. The van der Waals surface area contributed by atoms with Crippen LogP contribution in [0.2, 0.25) is 6.32 Å². The van der Waals surface area contributed by atoms with Gasteiger partial charge in [0, 0.05) is 25.6 Å². The minimum Gasteiger partial charge on any atom is -0.480 e. The number of aliphatic carboxylic acids is 1. The highest BCUT2D eigenvalue weighted by Gasteiger charge is 2.47. The zero-order valence-electron chi connectivity index (χ0n) is 16.0. The normalized spacial score (nSPS) is 27.1. The molecule has 2 aliphatic rings. The zero-order valence-corrected chi connectivity index (χ0v) is 17.6. The maximum atomic E-state index is 12.0. The first-order valence-corrected chi connectivity index (χ1v) is 9.56. The maximum absolute atomic E-state index is 12.0. The molecule has 5 N–H and O–H groups in total. The lowest BCUT2D eigenvalue weighted by Crippen LogP contribution is -2.60. The largest absolute Gasteiger partial charge is 0.480 e. The summed E-state index contributed by atoms with van der Waals surface area (Å²) in [6, 6.07) is 8.42. The van der Waals surface area contributed by atoms with Gasteiger partial charge in [0.15, 0.2) is 0 Å². The third kappa shape index (κ3) is 5.84. The molecule has 1 fully saturated rings. The van der Waals surface area contributed by atoms with Crippen molar-refractivity contribution in [1.29, 1.82) is 0 Å². The van der Waals surface area contributed by atoms with Crippen molar-refractivity contribution < 1.29 is 19.9 Å². The first-order chi connectivity index (χ1) is 12.4. The summed E-state index contributed by atoms with van der Waals surface area (Å²) in [7, 11) is -1.34. The summed E-state index contributed by atoms with van der Waals surface area (Å²) < 4.78 is 0. The van der Waals surface area contributed by atoms with E-state index in [0.29, 0.717) is 19.4 Å². The Bertz CT molecular complexity index is 652. The first-order valence-electron chi connectivity index (χ1n) is 9.56. The molecule has 1 heterocycles. The van der Waals surface area contributed by atoms with Gasteiger partial charge in [-0.25, -0.2) is 0 Å². The number of hydrogen-bond acceptors (Lipinski definition) is 5.